The third-order valence-corrected chi connectivity index (χ3v) is 7.22. The van der Waals surface area contributed by atoms with Crippen molar-refractivity contribution in [3.8, 4) is 6.07 Å². The van der Waals surface area contributed by atoms with E-state index in [1.807, 2.05) is 4.72 Å². The molecule has 9 heteroatoms. The van der Waals surface area contributed by atoms with E-state index in [0.29, 0.717) is 11.3 Å². The number of benzene rings is 1. The Morgan fingerprint density at radius 1 is 1.13 bits per heavy atom. The summed E-state index contributed by atoms with van der Waals surface area (Å²) in [6, 6.07) is 2.67. The van der Waals surface area contributed by atoms with E-state index >= 15 is 0 Å². The molecule has 1 aromatic heterocycles. The second-order valence-corrected chi connectivity index (χ2v) is 10.3. The van der Waals surface area contributed by atoms with Crippen molar-refractivity contribution in [3.05, 3.63) is 45.2 Å². The highest BCUT2D eigenvalue weighted by atomic mass is 32.2. The van der Waals surface area contributed by atoms with Crippen molar-refractivity contribution in [1.82, 2.24) is 4.72 Å². The number of nitriles is 1. The van der Waals surface area contributed by atoms with Crippen LogP contribution >= 0.6 is 0 Å². The highest BCUT2D eigenvalue weighted by Gasteiger charge is 2.32. The molecule has 2 aromatic rings. The van der Waals surface area contributed by atoms with E-state index in [1.54, 1.807) is 6.92 Å². The van der Waals surface area contributed by atoms with E-state index < -0.39 is 26.7 Å². The third-order valence-electron chi connectivity index (χ3n) is 6.04. The van der Waals surface area contributed by atoms with Gasteiger partial charge >= 0.3 is 6.03 Å². The average molecular weight is 444 g/mol. The number of rotatable bonds is 4. The van der Waals surface area contributed by atoms with Gasteiger partial charge < -0.3 is 14.8 Å². The third kappa shape index (κ3) is 3.70. The van der Waals surface area contributed by atoms with Gasteiger partial charge in [0, 0.05) is 17.3 Å². The fourth-order valence-corrected chi connectivity index (χ4v) is 5.65. The van der Waals surface area contributed by atoms with Crippen molar-refractivity contribution < 1.29 is 22.7 Å². The molecule has 0 saturated heterocycles. The zero-order chi connectivity index (χ0) is 22.6. The van der Waals surface area contributed by atoms with Crippen LogP contribution in [0, 0.1) is 18.3 Å². The number of hydrogen-bond acceptors (Lipinski definition) is 6. The molecule has 2 amide bonds. The van der Waals surface area contributed by atoms with Gasteiger partial charge in [-0.2, -0.15) is 13.7 Å². The molecule has 0 bridgehead atoms. The topological polar surface area (TPSA) is 132 Å². The lowest BCUT2D eigenvalue weighted by Gasteiger charge is -2.18. The predicted molar refractivity (Wildman–Crippen MR) is 113 cm³/mol. The second kappa shape index (κ2) is 7.39. The van der Waals surface area contributed by atoms with E-state index in [-0.39, 0.29) is 5.76 Å². The quantitative estimate of drug-likeness (QED) is 0.665. The molecule has 2 aliphatic rings. The first-order chi connectivity index (χ1) is 14.5. The van der Waals surface area contributed by atoms with Crippen molar-refractivity contribution >= 4 is 21.7 Å². The van der Waals surface area contributed by atoms with Gasteiger partial charge in [-0.3, -0.25) is 0 Å². The number of nitrogens with one attached hydrogen (secondary N) is 2. The number of hydrogen-bond donors (Lipinski definition) is 3. The average Bonchev–Trinajstić information content (AvgIpc) is 3.39. The van der Waals surface area contributed by atoms with E-state index in [0.717, 1.165) is 66.3 Å². The maximum atomic E-state index is 12.7. The minimum absolute atomic E-state index is 0.260. The SMILES string of the molecule is Cc1oc(S(=O)(=O)NC(=O)Nc2c3c(c(C#N)c4c2CCC4)CCC3)cc1C(C)(C)O. The Kier molecular flexibility index (Phi) is 5.10. The van der Waals surface area contributed by atoms with Gasteiger partial charge in [0.2, 0.25) is 5.09 Å². The van der Waals surface area contributed by atoms with Crippen molar-refractivity contribution in [1.29, 1.82) is 5.26 Å². The summed E-state index contributed by atoms with van der Waals surface area (Å²) in [6.45, 7) is 4.59. The van der Waals surface area contributed by atoms with E-state index in [1.165, 1.54) is 19.9 Å². The lowest BCUT2D eigenvalue weighted by Crippen LogP contribution is -2.34. The van der Waals surface area contributed by atoms with Crippen LogP contribution in [0.15, 0.2) is 15.6 Å². The molecule has 2 aliphatic carbocycles. The molecule has 3 N–H and O–H groups in total. The molecule has 8 nitrogen and oxygen atoms in total. The molecule has 0 unspecified atom stereocenters. The molecule has 0 saturated carbocycles. The minimum atomic E-state index is -4.27. The van der Waals surface area contributed by atoms with Gasteiger partial charge in [-0.15, -0.1) is 0 Å². The molecular weight excluding hydrogens is 418 g/mol. The molecule has 0 radical (unpaired) electrons. The van der Waals surface area contributed by atoms with E-state index in [9.17, 15) is 23.6 Å². The molecule has 31 heavy (non-hydrogen) atoms. The summed E-state index contributed by atoms with van der Waals surface area (Å²) in [4.78, 5) is 12.7. The van der Waals surface area contributed by atoms with Gasteiger partial charge in [0.1, 0.15) is 5.76 Å². The van der Waals surface area contributed by atoms with Crippen LogP contribution in [-0.2, 0) is 41.3 Å². The normalized spacial score (nSPS) is 15.3. The number of furan rings is 1. The maximum Gasteiger partial charge on any atom is 0.333 e. The number of amides is 2. The smallest absolute Gasteiger partial charge is 0.333 e. The molecule has 1 aromatic carbocycles. The van der Waals surface area contributed by atoms with Crippen LogP contribution in [0.4, 0.5) is 10.5 Å². The van der Waals surface area contributed by atoms with Gasteiger partial charge in [0.05, 0.1) is 17.2 Å². The maximum absolute atomic E-state index is 12.7. The molecule has 0 atom stereocenters. The summed E-state index contributed by atoms with van der Waals surface area (Å²) >= 11 is 0. The van der Waals surface area contributed by atoms with Crippen LogP contribution in [0.1, 0.15) is 65.8 Å². The summed E-state index contributed by atoms with van der Waals surface area (Å²) < 4.78 is 32.7. The van der Waals surface area contributed by atoms with E-state index in [4.69, 9.17) is 4.42 Å². The highest BCUT2D eigenvalue weighted by molar-refractivity contribution is 7.89. The van der Waals surface area contributed by atoms with Crippen molar-refractivity contribution in [2.24, 2.45) is 0 Å². The summed E-state index contributed by atoms with van der Waals surface area (Å²) in [5, 5.41) is 22.1. The summed E-state index contributed by atoms with van der Waals surface area (Å²) in [5.74, 6) is 0.260. The summed E-state index contributed by atoms with van der Waals surface area (Å²) in [6.07, 6.45) is 4.84. The number of carbonyl (C=O) groups is 1. The number of anilines is 1. The van der Waals surface area contributed by atoms with Crippen molar-refractivity contribution in [2.45, 2.75) is 70.0 Å². The summed E-state index contributed by atoms with van der Waals surface area (Å²) in [7, 11) is -4.27. The fourth-order valence-electron chi connectivity index (χ4n) is 4.75. The molecular formula is C22H25N3O5S. The van der Waals surface area contributed by atoms with Crippen LogP contribution in [0.3, 0.4) is 0 Å². The van der Waals surface area contributed by atoms with Gasteiger partial charge in [-0.05, 0) is 81.5 Å². The molecule has 4 rings (SSSR count). The first-order valence-electron chi connectivity index (χ1n) is 10.3. The number of nitrogens with zero attached hydrogens (tertiary/aromatic N) is 1. The van der Waals surface area contributed by atoms with Gasteiger partial charge in [0.25, 0.3) is 10.0 Å². The Morgan fingerprint density at radius 2 is 1.68 bits per heavy atom. The van der Waals surface area contributed by atoms with Gasteiger partial charge in [0.15, 0.2) is 0 Å². The van der Waals surface area contributed by atoms with Crippen molar-refractivity contribution in [2.75, 3.05) is 5.32 Å². The number of fused-ring (bicyclic) bond motifs is 2. The largest absolute Gasteiger partial charge is 0.448 e. The summed E-state index contributed by atoms with van der Waals surface area (Å²) in [5.41, 5.74) is 4.22. The highest BCUT2D eigenvalue weighted by Crippen LogP contribution is 2.41. The molecule has 0 spiro atoms. The number of sulfonamides is 1. The van der Waals surface area contributed by atoms with Crippen LogP contribution in [0.25, 0.3) is 0 Å². The van der Waals surface area contributed by atoms with Crippen LogP contribution < -0.4 is 10.0 Å². The standard InChI is InChI=1S/C22H25N3O5S/c1-12-18(22(2,3)27)10-19(30-12)31(28,29)25-21(26)24-20-15-8-4-6-13(15)17(11-23)14-7-5-9-16(14)20/h10,27H,4-9H2,1-3H3,(H2,24,25,26). The molecule has 0 aliphatic heterocycles. The predicted octanol–water partition coefficient (Wildman–Crippen LogP) is 3.17. The Balaban J connectivity index is 1.63. The first-order valence-corrected chi connectivity index (χ1v) is 11.8. The lowest BCUT2D eigenvalue weighted by molar-refractivity contribution is 0.0769. The van der Waals surface area contributed by atoms with Crippen LogP contribution in [0.2, 0.25) is 0 Å². The number of urea groups is 1. The zero-order valence-electron chi connectivity index (χ0n) is 17.8. The van der Waals surface area contributed by atoms with E-state index in [2.05, 4.69) is 11.4 Å². The van der Waals surface area contributed by atoms with Crippen LogP contribution in [-0.4, -0.2) is 19.6 Å². The lowest BCUT2D eigenvalue weighted by atomic mass is 9.93. The Bertz CT molecular complexity index is 1190. The zero-order valence-corrected chi connectivity index (χ0v) is 18.6. The Hall–Kier alpha value is -2.83. The van der Waals surface area contributed by atoms with Gasteiger partial charge in [-0.25, -0.2) is 9.52 Å². The number of carbonyl (C=O) groups excluding carboxylic acids is 1. The Labute approximate surface area is 181 Å². The fraction of sp³-hybridized carbons (Fsp3) is 0.455. The minimum Gasteiger partial charge on any atom is -0.448 e. The first kappa shape index (κ1) is 21.4. The molecule has 164 valence electrons. The molecule has 1 heterocycles. The van der Waals surface area contributed by atoms with Crippen molar-refractivity contribution in [3.63, 3.8) is 0 Å². The number of aryl methyl sites for hydroxylation is 1. The second-order valence-electron chi connectivity index (χ2n) is 8.64. The number of aliphatic hydroxyl groups is 1. The van der Waals surface area contributed by atoms with Crippen LogP contribution in [0.5, 0.6) is 0 Å². The monoisotopic (exact) mass is 443 g/mol. The van der Waals surface area contributed by atoms with Gasteiger partial charge in [-0.1, -0.05) is 0 Å². The molecule has 0 fully saturated rings. The Morgan fingerprint density at radius 3 is 2.16 bits per heavy atom.